The summed E-state index contributed by atoms with van der Waals surface area (Å²) in [5.74, 6) is -2.16. The fourth-order valence-electron chi connectivity index (χ4n) is 2.41. The Morgan fingerprint density at radius 1 is 1.43 bits per heavy atom. The third-order valence-electron chi connectivity index (χ3n) is 3.46. The first-order chi connectivity index (χ1) is 9.91. The number of nitro groups is 1. The SMILES string of the molecule is O=C(O)[C@H]1CCCN(C(=O)c2cccc(Cl)c2[N+](=O)[O-])C1. The number of carbonyl (C=O) groups excluding carboxylic acids is 1. The molecule has 0 bridgehead atoms. The van der Waals surface area contributed by atoms with Gasteiger partial charge in [-0.3, -0.25) is 19.7 Å². The van der Waals surface area contributed by atoms with Crippen molar-refractivity contribution >= 4 is 29.2 Å². The van der Waals surface area contributed by atoms with E-state index in [1.165, 1.54) is 23.1 Å². The van der Waals surface area contributed by atoms with E-state index >= 15 is 0 Å². The largest absolute Gasteiger partial charge is 0.481 e. The van der Waals surface area contributed by atoms with Crippen LogP contribution in [-0.2, 0) is 4.79 Å². The van der Waals surface area contributed by atoms with Gasteiger partial charge in [0.1, 0.15) is 10.6 Å². The number of halogens is 1. The first-order valence-electron chi connectivity index (χ1n) is 6.36. The monoisotopic (exact) mass is 312 g/mol. The van der Waals surface area contributed by atoms with Gasteiger partial charge in [0, 0.05) is 13.1 Å². The molecule has 1 aromatic carbocycles. The number of benzene rings is 1. The quantitative estimate of drug-likeness (QED) is 0.681. The predicted molar refractivity (Wildman–Crippen MR) is 74.4 cm³/mol. The minimum atomic E-state index is -0.965. The standard InChI is InChI=1S/C13H13ClN2O5/c14-10-5-1-4-9(11(10)16(20)21)12(17)15-6-2-3-8(7-15)13(18)19/h1,4-5,8H,2-3,6-7H2,(H,18,19)/t8-/m0/s1. The van der Waals surface area contributed by atoms with Crippen molar-refractivity contribution < 1.29 is 19.6 Å². The lowest BCUT2D eigenvalue weighted by molar-refractivity contribution is -0.385. The van der Waals surface area contributed by atoms with Crippen molar-refractivity contribution in [3.8, 4) is 0 Å². The molecule has 8 heteroatoms. The normalized spacial score (nSPS) is 18.3. The number of carboxylic acids is 1. The first kappa shape index (κ1) is 15.2. The summed E-state index contributed by atoms with van der Waals surface area (Å²) in [6.45, 7) is 0.435. The number of nitrogens with zero attached hydrogens (tertiary/aromatic N) is 2. The highest BCUT2D eigenvalue weighted by Gasteiger charge is 2.32. The van der Waals surface area contributed by atoms with Crippen LogP contribution < -0.4 is 0 Å². The van der Waals surface area contributed by atoms with Crippen molar-refractivity contribution in [1.82, 2.24) is 4.90 Å². The summed E-state index contributed by atoms with van der Waals surface area (Å²) in [4.78, 5) is 35.1. The number of para-hydroxylation sites is 1. The molecule has 112 valence electrons. The highest BCUT2D eigenvalue weighted by atomic mass is 35.5. The molecule has 1 aliphatic rings. The van der Waals surface area contributed by atoms with E-state index in [0.717, 1.165) is 0 Å². The average Bonchev–Trinajstić information content (AvgIpc) is 2.45. The number of carboxylic acid groups (broad SMARTS) is 1. The number of rotatable bonds is 3. The maximum Gasteiger partial charge on any atom is 0.308 e. The molecule has 1 N–H and O–H groups in total. The van der Waals surface area contributed by atoms with E-state index in [-0.39, 0.29) is 17.1 Å². The zero-order valence-corrected chi connectivity index (χ0v) is 11.7. The van der Waals surface area contributed by atoms with E-state index in [2.05, 4.69) is 0 Å². The molecule has 0 aliphatic carbocycles. The van der Waals surface area contributed by atoms with Gasteiger partial charge in [0.25, 0.3) is 5.91 Å². The smallest absolute Gasteiger partial charge is 0.308 e. The van der Waals surface area contributed by atoms with Gasteiger partial charge in [-0.25, -0.2) is 0 Å². The minimum absolute atomic E-state index is 0.0534. The van der Waals surface area contributed by atoms with Gasteiger partial charge in [0.2, 0.25) is 0 Å². The number of aliphatic carboxylic acids is 1. The van der Waals surface area contributed by atoms with Crippen molar-refractivity contribution in [1.29, 1.82) is 0 Å². The Morgan fingerprint density at radius 2 is 2.14 bits per heavy atom. The van der Waals surface area contributed by atoms with Gasteiger partial charge in [-0.15, -0.1) is 0 Å². The van der Waals surface area contributed by atoms with Crippen LogP contribution >= 0.6 is 11.6 Å². The van der Waals surface area contributed by atoms with Crippen LogP contribution in [-0.4, -0.2) is 39.9 Å². The van der Waals surface area contributed by atoms with E-state index in [4.69, 9.17) is 16.7 Å². The lowest BCUT2D eigenvalue weighted by Crippen LogP contribution is -2.42. The second-order valence-electron chi connectivity index (χ2n) is 4.82. The van der Waals surface area contributed by atoms with E-state index in [1.807, 2.05) is 0 Å². The highest BCUT2D eigenvalue weighted by Crippen LogP contribution is 2.30. The summed E-state index contributed by atoms with van der Waals surface area (Å²) in [6.07, 6.45) is 1.05. The molecule has 1 aromatic rings. The molecule has 1 heterocycles. The molecule has 1 atom stereocenters. The molecule has 0 aromatic heterocycles. The molecule has 1 amide bonds. The fourth-order valence-corrected chi connectivity index (χ4v) is 2.65. The van der Waals surface area contributed by atoms with Crippen LogP contribution in [0.4, 0.5) is 5.69 Å². The lowest BCUT2D eigenvalue weighted by Gasteiger charge is -2.30. The molecular weight excluding hydrogens is 300 g/mol. The van der Waals surface area contributed by atoms with Crippen LogP contribution in [0.5, 0.6) is 0 Å². The molecule has 1 aliphatic heterocycles. The topological polar surface area (TPSA) is 101 Å². The van der Waals surface area contributed by atoms with Crippen LogP contribution in [0.25, 0.3) is 0 Å². The Labute approximate surface area is 125 Å². The molecule has 7 nitrogen and oxygen atoms in total. The maximum absolute atomic E-state index is 12.4. The molecule has 0 unspecified atom stereocenters. The molecule has 2 rings (SSSR count). The molecule has 1 fully saturated rings. The van der Waals surface area contributed by atoms with Crippen molar-refractivity contribution in [2.45, 2.75) is 12.8 Å². The first-order valence-corrected chi connectivity index (χ1v) is 6.74. The van der Waals surface area contributed by atoms with E-state index in [0.29, 0.717) is 19.4 Å². The summed E-state index contributed by atoms with van der Waals surface area (Å²) < 4.78 is 0. The summed E-state index contributed by atoms with van der Waals surface area (Å²) in [6, 6.07) is 4.13. The second kappa shape index (κ2) is 6.09. The molecule has 0 spiro atoms. The Hall–Kier alpha value is -2.15. The van der Waals surface area contributed by atoms with Crippen molar-refractivity contribution in [3.63, 3.8) is 0 Å². The lowest BCUT2D eigenvalue weighted by atomic mass is 9.97. The van der Waals surface area contributed by atoms with Gasteiger partial charge in [-0.1, -0.05) is 17.7 Å². The summed E-state index contributed by atoms with van der Waals surface area (Å²) in [5.41, 5.74) is -0.555. The third kappa shape index (κ3) is 3.13. The Kier molecular flexibility index (Phi) is 4.42. The number of nitro benzene ring substituents is 1. The summed E-state index contributed by atoms with van der Waals surface area (Å²) in [5, 5.41) is 20.0. The summed E-state index contributed by atoms with van der Waals surface area (Å²) >= 11 is 5.78. The predicted octanol–water partition coefficient (Wildman–Crippen LogP) is 2.19. The fraction of sp³-hybridized carbons (Fsp3) is 0.385. The zero-order valence-electron chi connectivity index (χ0n) is 11.0. The van der Waals surface area contributed by atoms with Crippen LogP contribution in [0.3, 0.4) is 0 Å². The second-order valence-corrected chi connectivity index (χ2v) is 5.23. The third-order valence-corrected chi connectivity index (χ3v) is 3.76. The molecule has 1 saturated heterocycles. The van der Waals surface area contributed by atoms with Crippen LogP contribution in [0, 0.1) is 16.0 Å². The van der Waals surface area contributed by atoms with Crippen LogP contribution in [0.15, 0.2) is 18.2 Å². The van der Waals surface area contributed by atoms with Crippen molar-refractivity contribution in [2.75, 3.05) is 13.1 Å². The van der Waals surface area contributed by atoms with E-state index in [9.17, 15) is 19.7 Å². The highest BCUT2D eigenvalue weighted by molar-refractivity contribution is 6.33. The van der Waals surface area contributed by atoms with E-state index in [1.54, 1.807) is 0 Å². The number of amides is 1. The Bertz CT molecular complexity index is 604. The average molecular weight is 313 g/mol. The van der Waals surface area contributed by atoms with Gasteiger partial charge in [0.05, 0.1) is 10.8 Å². The number of hydrogen-bond acceptors (Lipinski definition) is 4. The van der Waals surface area contributed by atoms with Gasteiger partial charge in [-0.05, 0) is 25.0 Å². The minimum Gasteiger partial charge on any atom is -0.481 e. The van der Waals surface area contributed by atoms with Crippen LogP contribution in [0.1, 0.15) is 23.2 Å². The van der Waals surface area contributed by atoms with Crippen LogP contribution in [0.2, 0.25) is 5.02 Å². The van der Waals surface area contributed by atoms with Gasteiger partial charge in [-0.2, -0.15) is 0 Å². The zero-order chi connectivity index (χ0) is 15.6. The molecular formula is C13H13ClN2O5. The summed E-state index contributed by atoms with van der Waals surface area (Å²) in [7, 11) is 0. The molecule has 0 radical (unpaired) electrons. The maximum atomic E-state index is 12.4. The molecule has 0 saturated carbocycles. The Morgan fingerprint density at radius 3 is 2.76 bits per heavy atom. The van der Waals surface area contributed by atoms with Crippen molar-refractivity contribution in [2.24, 2.45) is 5.92 Å². The number of likely N-dealkylation sites (tertiary alicyclic amines) is 1. The van der Waals surface area contributed by atoms with Gasteiger partial charge >= 0.3 is 11.7 Å². The number of carbonyl (C=O) groups is 2. The Balaban J connectivity index is 2.30. The van der Waals surface area contributed by atoms with Crippen molar-refractivity contribution in [3.05, 3.63) is 38.9 Å². The number of piperidine rings is 1. The van der Waals surface area contributed by atoms with E-state index < -0.39 is 28.4 Å². The van der Waals surface area contributed by atoms with Gasteiger partial charge < -0.3 is 10.0 Å². The number of hydrogen-bond donors (Lipinski definition) is 1. The van der Waals surface area contributed by atoms with Gasteiger partial charge in [0.15, 0.2) is 0 Å². The molecule has 21 heavy (non-hydrogen) atoms.